The molecule has 0 bridgehead atoms. The highest BCUT2D eigenvalue weighted by molar-refractivity contribution is 7.15. The van der Waals surface area contributed by atoms with Gasteiger partial charge in [0.05, 0.1) is 0 Å². The number of benzene rings is 2. The number of aromatic nitrogens is 1. The van der Waals surface area contributed by atoms with Crippen molar-refractivity contribution in [2.75, 3.05) is 10.6 Å². The van der Waals surface area contributed by atoms with Crippen LogP contribution in [0.4, 0.5) is 11.4 Å². The summed E-state index contributed by atoms with van der Waals surface area (Å²) in [5, 5.41) is 6.35. The minimum absolute atomic E-state index is 0.136. The van der Waals surface area contributed by atoms with Crippen LogP contribution < -0.4 is 10.6 Å². The number of aryl methyl sites for hydroxylation is 1. The van der Waals surface area contributed by atoms with Gasteiger partial charge in [0.1, 0.15) is 10.7 Å². The van der Waals surface area contributed by atoms with Crippen molar-refractivity contribution in [3.05, 3.63) is 65.2 Å². The van der Waals surface area contributed by atoms with Gasteiger partial charge in [-0.15, -0.1) is 11.3 Å². The highest BCUT2D eigenvalue weighted by Gasteiger charge is 2.16. The van der Waals surface area contributed by atoms with Crippen molar-refractivity contribution in [3.8, 4) is 10.6 Å². The molecule has 5 nitrogen and oxygen atoms in total. The van der Waals surface area contributed by atoms with Gasteiger partial charge in [0.25, 0.3) is 5.91 Å². The number of nitrogens with zero attached hydrogens (tertiary/aromatic N) is 1. The maximum absolute atomic E-state index is 12.5. The lowest BCUT2D eigenvalue weighted by Gasteiger charge is -2.06. The van der Waals surface area contributed by atoms with E-state index in [2.05, 4.69) is 15.6 Å². The van der Waals surface area contributed by atoms with Crippen molar-refractivity contribution in [3.63, 3.8) is 0 Å². The first-order valence-electron chi connectivity index (χ1n) is 7.75. The molecule has 0 aliphatic rings. The van der Waals surface area contributed by atoms with E-state index in [0.717, 1.165) is 15.4 Å². The van der Waals surface area contributed by atoms with E-state index in [0.29, 0.717) is 17.1 Å². The van der Waals surface area contributed by atoms with Crippen LogP contribution in [0.1, 0.15) is 22.3 Å². The normalized spacial score (nSPS) is 10.3. The minimum Gasteiger partial charge on any atom is -0.326 e. The van der Waals surface area contributed by atoms with E-state index in [9.17, 15) is 9.59 Å². The van der Waals surface area contributed by atoms with Crippen molar-refractivity contribution in [2.45, 2.75) is 13.8 Å². The van der Waals surface area contributed by atoms with Gasteiger partial charge in [-0.25, -0.2) is 4.98 Å². The van der Waals surface area contributed by atoms with Gasteiger partial charge in [0.2, 0.25) is 5.91 Å². The van der Waals surface area contributed by atoms with Crippen molar-refractivity contribution in [2.24, 2.45) is 0 Å². The Kier molecular flexibility index (Phi) is 4.90. The summed E-state index contributed by atoms with van der Waals surface area (Å²) < 4.78 is 0. The third-order valence-electron chi connectivity index (χ3n) is 3.50. The van der Waals surface area contributed by atoms with Crippen LogP contribution in [0.15, 0.2) is 54.6 Å². The van der Waals surface area contributed by atoms with E-state index < -0.39 is 0 Å². The second kappa shape index (κ2) is 7.27. The highest BCUT2D eigenvalue weighted by Crippen LogP contribution is 2.28. The molecule has 0 fully saturated rings. The topological polar surface area (TPSA) is 71.1 Å². The number of hydrogen-bond donors (Lipinski definition) is 2. The number of rotatable bonds is 4. The van der Waals surface area contributed by atoms with Crippen LogP contribution >= 0.6 is 11.3 Å². The predicted octanol–water partition coefficient (Wildman–Crippen LogP) is 4.33. The van der Waals surface area contributed by atoms with Gasteiger partial charge in [-0.3, -0.25) is 9.59 Å². The van der Waals surface area contributed by atoms with Crippen LogP contribution in [0.3, 0.4) is 0 Å². The monoisotopic (exact) mass is 351 g/mol. The standard InChI is InChI=1S/C19H17N3O2S/c1-12-17(22-19(25-12)14-6-4-3-5-7-14)18(24)21-16-10-8-15(9-11-16)20-13(2)23/h3-11H,1-2H3,(H,20,23)(H,21,24). The molecule has 0 spiro atoms. The Morgan fingerprint density at radius 3 is 2.12 bits per heavy atom. The van der Waals surface area contributed by atoms with E-state index in [1.54, 1.807) is 24.3 Å². The van der Waals surface area contributed by atoms with Crippen LogP contribution in [0, 0.1) is 6.92 Å². The van der Waals surface area contributed by atoms with Crippen molar-refractivity contribution in [1.82, 2.24) is 4.98 Å². The molecular formula is C19H17N3O2S. The van der Waals surface area contributed by atoms with Gasteiger partial charge in [0.15, 0.2) is 0 Å². The van der Waals surface area contributed by atoms with E-state index >= 15 is 0 Å². The molecule has 2 N–H and O–H groups in total. The molecule has 1 heterocycles. The third-order valence-corrected chi connectivity index (χ3v) is 4.52. The summed E-state index contributed by atoms with van der Waals surface area (Å²) in [5.41, 5.74) is 2.75. The summed E-state index contributed by atoms with van der Waals surface area (Å²) in [7, 11) is 0. The zero-order valence-electron chi connectivity index (χ0n) is 13.9. The zero-order chi connectivity index (χ0) is 17.8. The van der Waals surface area contributed by atoms with Crippen LogP contribution in [-0.4, -0.2) is 16.8 Å². The first-order chi connectivity index (χ1) is 12.0. The number of amides is 2. The Labute approximate surface area is 149 Å². The van der Waals surface area contributed by atoms with Gasteiger partial charge in [-0.2, -0.15) is 0 Å². The summed E-state index contributed by atoms with van der Waals surface area (Å²) in [6.45, 7) is 3.34. The Morgan fingerprint density at radius 1 is 0.920 bits per heavy atom. The molecule has 1 aromatic heterocycles. The quantitative estimate of drug-likeness (QED) is 0.735. The van der Waals surface area contributed by atoms with E-state index in [4.69, 9.17) is 0 Å². The third kappa shape index (κ3) is 4.10. The Hall–Kier alpha value is -2.99. The van der Waals surface area contributed by atoms with Gasteiger partial charge in [0, 0.05) is 28.7 Å². The fourth-order valence-electron chi connectivity index (χ4n) is 2.34. The molecule has 25 heavy (non-hydrogen) atoms. The molecule has 3 aromatic rings. The molecule has 0 aliphatic carbocycles. The molecule has 2 aromatic carbocycles. The van der Waals surface area contributed by atoms with Crippen LogP contribution in [-0.2, 0) is 4.79 Å². The van der Waals surface area contributed by atoms with Crippen molar-refractivity contribution >= 4 is 34.5 Å². The first-order valence-corrected chi connectivity index (χ1v) is 8.56. The SMILES string of the molecule is CC(=O)Nc1ccc(NC(=O)c2nc(-c3ccccc3)sc2C)cc1. The van der Waals surface area contributed by atoms with Gasteiger partial charge in [-0.1, -0.05) is 30.3 Å². The minimum atomic E-state index is -0.247. The number of thiazole rings is 1. The lowest BCUT2D eigenvalue weighted by molar-refractivity contribution is -0.114. The lowest BCUT2D eigenvalue weighted by Crippen LogP contribution is -2.13. The Morgan fingerprint density at radius 2 is 1.52 bits per heavy atom. The van der Waals surface area contributed by atoms with E-state index in [1.165, 1.54) is 18.3 Å². The maximum atomic E-state index is 12.5. The van der Waals surface area contributed by atoms with Gasteiger partial charge >= 0.3 is 0 Å². The van der Waals surface area contributed by atoms with Crippen LogP contribution in [0.25, 0.3) is 10.6 Å². The van der Waals surface area contributed by atoms with Crippen molar-refractivity contribution < 1.29 is 9.59 Å². The second-order valence-electron chi connectivity index (χ2n) is 5.50. The summed E-state index contributed by atoms with van der Waals surface area (Å²) >= 11 is 1.50. The average molecular weight is 351 g/mol. The predicted molar refractivity (Wildman–Crippen MR) is 101 cm³/mol. The average Bonchev–Trinajstić information content (AvgIpc) is 2.99. The molecule has 0 saturated carbocycles. The Bertz CT molecular complexity index is 902. The molecule has 3 rings (SSSR count). The summed E-state index contributed by atoms with van der Waals surface area (Å²) in [4.78, 5) is 28.9. The first kappa shape index (κ1) is 16.9. The maximum Gasteiger partial charge on any atom is 0.275 e. The number of carbonyl (C=O) groups excluding carboxylic acids is 2. The highest BCUT2D eigenvalue weighted by atomic mass is 32.1. The van der Waals surface area contributed by atoms with E-state index in [-0.39, 0.29) is 11.8 Å². The molecular weight excluding hydrogens is 334 g/mol. The molecule has 126 valence electrons. The molecule has 0 saturated heterocycles. The van der Waals surface area contributed by atoms with Gasteiger partial charge < -0.3 is 10.6 Å². The largest absolute Gasteiger partial charge is 0.326 e. The summed E-state index contributed by atoms with van der Waals surface area (Å²) in [5.74, 6) is -0.383. The van der Waals surface area contributed by atoms with Crippen LogP contribution in [0.2, 0.25) is 0 Å². The van der Waals surface area contributed by atoms with E-state index in [1.807, 2.05) is 37.3 Å². The fourth-order valence-corrected chi connectivity index (χ4v) is 3.26. The molecule has 0 radical (unpaired) electrons. The van der Waals surface area contributed by atoms with Crippen molar-refractivity contribution in [1.29, 1.82) is 0 Å². The zero-order valence-corrected chi connectivity index (χ0v) is 14.7. The number of hydrogen-bond acceptors (Lipinski definition) is 4. The number of carbonyl (C=O) groups is 2. The molecule has 2 amide bonds. The smallest absolute Gasteiger partial charge is 0.275 e. The number of nitrogens with one attached hydrogen (secondary N) is 2. The summed E-state index contributed by atoms with van der Waals surface area (Å²) in [6, 6.07) is 16.7. The molecule has 0 atom stereocenters. The molecule has 6 heteroatoms. The van der Waals surface area contributed by atoms with Crippen LogP contribution in [0.5, 0.6) is 0 Å². The lowest BCUT2D eigenvalue weighted by atomic mass is 10.2. The summed E-state index contributed by atoms with van der Waals surface area (Å²) in [6.07, 6.45) is 0. The Balaban J connectivity index is 1.75. The second-order valence-corrected chi connectivity index (χ2v) is 6.71. The number of anilines is 2. The molecule has 0 unspecified atom stereocenters. The molecule has 0 aliphatic heterocycles. The fraction of sp³-hybridized carbons (Fsp3) is 0.105. The van der Waals surface area contributed by atoms with Gasteiger partial charge in [-0.05, 0) is 31.2 Å².